The number of nitrogens with zero attached hydrogens (tertiary/aromatic N) is 3. The molecule has 0 fully saturated rings. The average Bonchev–Trinajstić information content (AvgIpc) is 2.65. The van der Waals surface area contributed by atoms with Crippen LogP contribution in [0.5, 0.6) is 0 Å². The highest BCUT2D eigenvalue weighted by atomic mass is 79.9. The van der Waals surface area contributed by atoms with Crippen molar-refractivity contribution in [1.82, 2.24) is 14.9 Å². The van der Waals surface area contributed by atoms with Crippen LogP contribution in [0.2, 0.25) is 0 Å². The number of carbonyl (C=O) groups excluding carboxylic acids is 1. The lowest BCUT2D eigenvalue weighted by Gasteiger charge is -2.30. The summed E-state index contributed by atoms with van der Waals surface area (Å²) in [4.78, 5) is 22.7. The molecule has 3 aromatic rings. The Balaban J connectivity index is 1.95. The van der Waals surface area contributed by atoms with E-state index in [4.69, 9.17) is 5.73 Å². The number of benzene rings is 1. The lowest BCUT2D eigenvalue weighted by Crippen LogP contribution is -2.37. The van der Waals surface area contributed by atoms with Crippen molar-refractivity contribution in [2.24, 2.45) is 5.73 Å². The van der Waals surface area contributed by atoms with E-state index in [1.165, 1.54) is 0 Å². The van der Waals surface area contributed by atoms with E-state index in [0.29, 0.717) is 13.1 Å². The van der Waals surface area contributed by atoms with E-state index in [-0.39, 0.29) is 5.91 Å². The maximum Gasteiger partial charge on any atom is 0.239 e. The Morgan fingerprint density at radius 1 is 0.962 bits per heavy atom. The van der Waals surface area contributed by atoms with E-state index < -0.39 is 6.04 Å². The minimum Gasteiger partial charge on any atom is -0.368 e. The van der Waals surface area contributed by atoms with Crippen molar-refractivity contribution in [3.05, 3.63) is 94.5 Å². The van der Waals surface area contributed by atoms with E-state index >= 15 is 0 Å². The number of nitrogens with two attached hydrogens (primary N) is 1. The summed E-state index contributed by atoms with van der Waals surface area (Å²) in [5.74, 6) is -0.389. The molecule has 0 aliphatic carbocycles. The zero-order valence-electron chi connectivity index (χ0n) is 14.1. The van der Waals surface area contributed by atoms with Crippen LogP contribution in [0.1, 0.15) is 22.7 Å². The molecule has 3 rings (SSSR count). The molecule has 2 heterocycles. The van der Waals surface area contributed by atoms with Gasteiger partial charge in [-0.1, -0.05) is 40.2 Å². The molecular formula is C20H19BrN4O. The summed E-state index contributed by atoms with van der Waals surface area (Å²) in [5.41, 5.74) is 8.67. The molecule has 26 heavy (non-hydrogen) atoms. The molecule has 0 radical (unpaired) electrons. The summed E-state index contributed by atoms with van der Waals surface area (Å²) in [7, 11) is 0. The summed E-state index contributed by atoms with van der Waals surface area (Å²) < 4.78 is 0.954. The fourth-order valence-corrected chi connectivity index (χ4v) is 3.16. The van der Waals surface area contributed by atoms with Crippen LogP contribution in [0.3, 0.4) is 0 Å². The second-order valence-corrected chi connectivity index (χ2v) is 6.90. The fraction of sp³-hybridized carbons (Fsp3) is 0.150. The second kappa shape index (κ2) is 8.69. The number of hydrogen-bond donors (Lipinski definition) is 1. The van der Waals surface area contributed by atoms with Crippen molar-refractivity contribution in [3.8, 4) is 0 Å². The van der Waals surface area contributed by atoms with Crippen molar-refractivity contribution in [2.75, 3.05) is 0 Å². The molecule has 5 nitrogen and oxygen atoms in total. The van der Waals surface area contributed by atoms with Gasteiger partial charge in [0.15, 0.2) is 0 Å². The Kier molecular flexibility index (Phi) is 6.09. The van der Waals surface area contributed by atoms with Gasteiger partial charge in [0.25, 0.3) is 0 Å². The lowest BCUT2D eigenvalue weighted by atomic mass is 10.0. The summed E-state index contributed by atoms with van der Waals surface area (Å²) in [5, 5.41) is 0. The predicted molar refractivity (Wildman–Crippen MR) is 104 cm³/mol. The average molecular weight is 411 g/mol. The van der Waals surface area contributed by atoms with Gasteiger partial charge < -0.3 is 5.73 Å². The third kappa shape index (κ3) is 4.74. The standard InChI is InChI=1S/C20H19BrN4O/c21-18-7-5-17(6-8-18)19(20(22)26)25(13-15-3-1-9-23-11-15)14-16-4-2-10-24-12-16/h1-12,19H,13-14H2,(H2,22,26). The number of hydrogen-bond acceptors (Lipinski definition) is 4. The topological polar surface area (TPSA) is 72.1 Å². The number of carbonyl (C=O) groups is 1. The van der Waals surface area contributed by atoms with Crippen LogP contribution in [0, 0.1) is 0 Å². The molecule has 0 spiro atoms. The van der Waals surface area contributed by atoms with Gasteiger partial charge in [-0.15, -0.1) is 0 Å². The van der Waals surface area contributed by atoms with Crippen molar-refractivity contribution in [1.29, 1.82) is 0 Å². The first-order valence-corrected chi connectivity index (χ1v) is 8.99. The highest BCUT2D eigenvalue weighted by molar-refractivity contribution is 9.10. The predicted octanol–water partition coefficient (Wildman–Crippen LogP) is 3.47. The molecule has 1 aromatic carbocycles. The number of rotatable bonds is 7. The smallest absolute Gasteiger partial charge is 0.239 e. The van der Waals surface area contributed by atoms with Gasteiger partial charge in [-0.3, -0.25) is 19.7 Å². The maximum absolute atomic E-state index is 12.3. The van der Waals surface area contributed by atoms with Gasteiger partial charge in [-0.25, -0.2) is 0 Å². The molecule has 1 unspecified atom stereocenters. The molecule has 0 bridgehead atoms. The lowest BCUT2D eigenvalue weighted by molar-refractivity contribution is -0.124. The van der Waals surface area contributed by atoms with E-state index in [1.807, 2.05) is 53.4 Å². The van der Waals surface area contributed by atoms with Crippen LogP contribution in [0.15, 0.2) is 77.8 Å². The minimum absolute atomic E-state index is 0.389. The van der Waals surface area contributed by atoms with Gasteiger partial charge in [-0.2, -0.15) is 0 Å². The summed E-state index contributed by atoms with van der Waals surface area (Å²) in [6, 6.07) is 14.9. The first-order valence-electron chi connectivity index (χ1n) is 8.20. The van der Waals surface area contributed by atoms with Crippen molar-refractivity contribution >= 4 is 21.8 Å². The minimum atomic E-state index is -0.552. The van der Waals surface area contributed by atoms with Gasteiger partial charge in [0.1, 0.15) is 6.04 Å². The first-order chi connectivity index (χ1) is 12.6. The molecule has 0 saturated carbocycles. The van der Waals surface area contributed by atoms with Crippen LogP contribution in [0.25, 0.3) is 0 Å². The quantitative estimate of drug-likeness (QED) is 0.646. The van der Waals surface area contributed by atoms with Gasteiger partial charge in [0, 0.05) is 42.3 Å². The van der Waals surface area contributed by atoms with Crippen LogP contribution >= 0.6 is 15.9 Å². The molecule has 6 heteroatoms. The van der Waals surface area contributed by atoms with Crippen LogP contribution < -0.4 is 5.73 Å². The van der Waals surface area contributed by atoms with Crippen molar-refractivity contribution in [3.63, 3.8) is 0 Å². The highest BCUT2D eigenvalue weighted by Crippen LogP contribution is 2.26. The van der Waals surface area contributed by atoms with E-state index in [2.05, 4.69) is 25.9 Å². The maximum atomic E-state index is 12.3. The fourth-order valence-electron chi connectivity index (χ4n) is 2.89. The number of amides is 1. The van der Waals surface area contributed by atoms with Gasteiger partial charge in [-0.05, 0) is 41.0 Å². The van der Waals surface area contributed by atoms with Gasteiger partial charge in [0.2, 0.25) is 5.91 Å². The Morgan fingerprint density at radius 2 is 1.50 bits per heavy atom. The first kappa shape index (κ1) is 18.2. The monoisotopic (exact) mass is 410 g/mol. The number of primary amides is 1. The molecule has 0 saturated heterocycles. The van der Waals surface area contributed by atoms with E-state index in [9.17, 15) is 4.79 Å². The number of pyridine rings is 2. The van der Waals surface area contributed by atoms with Crippen LogP contribution in [-0.2, 0) is 17.9 Å². The molecule has 132 valence electrons. The zero-order valence-corrected chi connectivity index (χ0v) is 15.7. The largest absolute Gasteiger partial charge is 0.368 e. The highest BCUT2D eigenvalue weighted by Gasteiger charge is 2.26. The van der Waals surface area contributed by atoms with Crippen molar-refractivity contribution < 1.29 is 4.79 Å². The Morgan fingerprint density at radius 3 is 1.92 bits per heavy atom. The Labute approximate surface area is 161 Å². The summed E-state index contributed by atoms with van der Waals surface area (Å²) >= 11 is 3.43. The molecule has 0 aliphatic heterocycles. The third-order valence-electron chi connectivity index (χ3n) is 4.04. The molecule has 1 atom stereocenters. The normalized spacial score (nSPS) is 12.1. The molecular weight excluding hydrogens is 392 g/mol. The van der Waals surface area contributed by atoms with Crippen LogP contribution in [-0.4, -0.2) is 20.8 Å². The number of aromatic nitrogens is 2. The molecule has 2 N–H and O–H groups in total. The van der Waals surface area contributed by atoms with Gasteiger partial charge >= 0.3 is 0 Å². The summed E-state index contributed by atoms with van der Waals surface area (Å²) in [6.45, 7) is 1.10. The zero-order chi connectivity index (χ0) is 18.4. The molecule has 0 aliphatic rings. The third-order valence-corrected chi connectivity index (χ3v) is 4.57. The number of halogens is 1. The van der Waals surface area contributed by atoms with Gasteiger partial charge in [0.05, 0.1) is 0 Å². The Hall–Kier alpha value is -2.57. The molecule has 1 amide bonds. The summed E-state index contributed by atoms with van der Waals surface area (Å²) in [6.07, 6.45) is 7.07. The van der Waals surface area contributed by atoms with Crippen molar-refractivity contribution in [2.45, 2.75) is 19.1 Å². The molecule has 2 aromatic heterocycles. The Bertz CT molecular complexity index is 799. The SMILES string of the molecule is NC(=O)C(c1ccc(Br)cc1)N(Cc1cccnc1)Cc1cccnc1. The van der Waals surface area contributed by atoms with E-state index in [0.717, 1.165) is 21.2 Å². The second-order valence-electron chi connectivity index (χ2n) is 5.98. The van der Waals surface area contributed by atoms with Crippen LogP contribution in [0.4, 0.5) is 0 Å². The van der Waals surface area contributed by atoms with E-state index in [1.54, 1.807) is 24.8 Å².